The van der Waals surface area contributed by atoms with Crippen molar-refractivity contribution in [2.75, 3.05) is 0 Å². The van der Waals surface area contributed by atoms with Crippen LogP contribution in [0.15, 0.2) is 0 Å². The molecule has 0 saturated carbocycles. The predicted molar refractivity (Wildman–Crippen MR) is 0.686 cm³/mol. The van der Waals surface area contributed by atoms with Gasteiger partial charge in [-0.25, -0.2) is 0 Å². The van der Waals surface area contributed by atoms with Gasteiger partial charge in [0.15, 0.2) is 0 Å². The zero-order valence-electron chi connectivity index (χ0n) is 1.97. The first-order valence-electron chi connectivity index (χ1n) is 0.500. The second kappa shape index (κ2) is 4.76. The molecule has 33 valence electrons. The molecule has 0 bridgehead atoms. The molecule has 0 fully saturated rings. The SMILES string of the molecule is [Co+2].[O]=[Cr]([O-])[O-]. The Bertz CT molecular complexity index is 29.9. The molecule has 0 unspecified atom stereocenters. The van der Waals surface area contributed by atoms with Gasteiger partial charge in [0, 0.05) is 0 Å². The number of hydrogen-bond donors (Lipinski definition) is 0. The van der Waals surface area contributed by atoms with Crippen molar-refractivity contribution in [3.63, 3.8) is 0 Å². The van der Waals surface area contributed by atoms with Crippen LogP contribution in [-0.4, -0.2) is 0 Å². The van der Waals surface area contributed by atoms with Crippen LogP contribution in [0.5, 0.6) is 0 Å². The second-order valence-corrected chi connectivity index (χ2v) is 0.842. The first kappa shape index (κ1) is 9.23. The van der Waals surface area contributed by atoms with E-state index in [2.05, 4.69) is 0 Å². The number of hydrogen-bond acceptors (Lipinski definition) is 3. The van der Waals surface area contributed by atoms with Crippen molar-refractivity contribution in [2.24, 2.45) is 0 Å². The molecule has 5 heteroatoms. The summed E-state index contributed by atoms with van der Waals surface area (Å²) in [6.45, 7) is 0. The summed E-state index contributed by atoms with van der Waals surface area (Å²) >= 11 is -3.79. The Labute approximate surface area is 44.1 Å². The number of rotatable bonds is 0. The summed E-state index contributed by atoms with van der Waals surface area (Å²) in [5, 5.41) is 0. The first-order valence-corrected chi connectivity index (χ1v) is 2.06. The third-order valence-electron chi connectivity index (χ3n) is 0. The summed E-state index contributed by atoms with van der Waals surface area (Å²) in [6, 6.07) is 0. The fourth-order valence-electron chi connectivity index (χ4n) is 0. The van der Waals surface area contributed by atoms with Crippen molar-refractivity contribution in [1.82, 2.24) is 0 Å². The van der Waals surface area contributed by atoms with E-state index in [1.165, 1.54) is 0 Å². The van der Waals surface area contributed by atoms with E-state index in [0.717, 1.165) is 0 Å². The van der Waals surface area contributed by atoms with Crippen LogP contribution >= 0.6 is 0 Å². The van der Waals surface area contributed by atoms with Crippen LogP contribution in [0.2, 0.25) is 0 Å². The Balaban J connectivity index is 0. The standard InChI is InChI=1S/Co.Cr.3O/q+2;;;2*-1. The maximum atomic E-state index is 8.54. The molecule has 0 aliphatic heterocycles. The molecule has 1 radical (unpaired) electrons. The first-order chi connectivity index (χ1) is 1.73. The maximum absolute atomic E-state index is 8.54. The van der Waals surface area contributed by atoms with Gasteiger partial charge < -0.3 is 0 Å². The Kier molecular flexibility index (Phi) is 8.79. The van der Waals surface area contributed by atoms with Gasteiger partial charge in [0.2, 0.25) is 0 Å². The van der Waals surface area contributed by atoms with Gasteiger partial charge in [-0.05, 0) is 0 Å². The van der Waals surface area contributed by atoms with Crippen molar-refractivity contribution in [1.29, 1.82) is 0 Å². The van der Waals surface area contributed by atoms with Gasteiger partial charge in [-0.3, -0.25) is 0 Å². The van der Waals surface area contributed by atoms with Crippen LogP contribution in [0, 0.1) is 0 Å². The molecule has 0 aliphatic carbocycles. The minimum atomic E-state index is -3.79. The van der Waals surface area contributed by atoms with E-state index in [9.17, 15) is 0 Å². The van der Waals surface area contributed by atoms with Crippen LogP contribution in [0.4, 0.5) is 0 Å². The van der Waals surface area contributed by atoms with Crippen molar-refractivity contribution in [3.8, 4) is 0 Å². The average molecular weight is 159 g/mol. The molecule has 0 spiro atoms. The Hall–Kier alpha value is 0.759. The van der Waals surface area contributed by atoms with Crippen molar-refractivity contribution in [2.45, 2.75) is 0 Å². The van der Waals surface area contributed by atoms with E-state index < -0.39 is 14.8 Å². The van der Waals surface area contributed by atoms with E-state index >= 15 is 0 Å². The van der Waals surface area contributed by atoms with Gasteiger partial charge >= 0.3 is 43.6 Å². The zero-order chi connectivity index (χ0) is 3.58. The normalized spacial score (nSPS) is 7.00. The Morgan fingerprint density at radius 2 is 1.40 bits per heavy atom. The zero-order valence-corrected chi connectivity index (χ0v) is 4.28. The molecule has 5 heavy (non-hydrogen) atoms. The van der Waals surface area contributed by atoms with Crippen LogP contribution in [-0.2, 0) is 35.3 Å². The van der Waals surface area contributed by atoms with Crippen LogP contribution in [0.3, 0.4) is 0 Å². The fraction of sp³-hybridized carbons (Fsp3) is 0. The molecule has 0 amide bonds. The van der Waals surface area contributed by atoms with Gasteiger partial charge in [0.25, 0.3) is 0 Å². The summed E-state index contributed by atoms with van der Waals surface area (Å²) in [5.74, 6) is 0. The second-order valence-electron chi connectivity index (χ2n) is 0.204. The topological polar surface area (TPSA) is 63.2 Å². The summed E-state index contributed by atoms with van der Waals surface area (Å²) < 4.78 is 25.6. The van der Waals surface area contributed by atoms with E-state index in [0.29, 0.717) is 0 Å². The molecule has 0 aromatic rings. The van der Waals surface area contributed by atoms with Gasteiger partial charge in [-0.15, -0.1) is 0 Å². The molecule has 0 N–H and O–H groups in total. The molecule has 0 aromatic carbocycles. The molecule has 0 rings (SSSR count). The van der Waals surface area contributed by atoms with Gasteiger partial charge in [0.1, 0.15) is 0 Å². The molecule has 0 saturated heterocycles. The minimum absolute atomic E-state index is 0. The van der Waals surface area contributed by atoms with Gasteiger partial charge in [0.05, 0.1) is 0 Å². The van der Waals surface area contributed by atoms with Gasteiger partial charge in [-0.1, -0.05) is 0 Å². The third-order valence-corrected chi connectivity index (χ3v) is 0. The van der Waals surface area contributed by atoms with Crippen molar-refractivity contribution < 1.29 is 43.6 Å². The molecule has 3 nitrogen and oxygen atoms in total. The molecular formula is CoCrO3. The fourth-order valence-corrected chi connectivity index (χ4v) is 0. The molecule has 0 atom stereocenters. The predicted octanol–water partition coefficient (Wildman–Crippen LogP) is -2.50. The van der Waals surface area contributed by atoms with Crippen LogP contribution in [0.25, 0.3) is 0 Å². The monoisotopic (exact) mass is 159 g/mol. The molecule has 0 aromatic heterocycles. The quantitative estimate of drug-likeness (QED) is 0.392. The Morgan fingerprint density at radius 3 is 1.40 bits per heavy atom. The molecule has 0 aliphatic rings. The summed E-state index contributed by atoms with van der Waals surface area (Å²) in [7, 11) is 0. The third kappa shape index (κ3) is 62.9. The van der Waals surface area contributed by atoms with E-state index in [-0.39, 0.29) is 16.8 Å². The van der Waals surface area contributed by atoms with Crippen LogP contribution < -0.4 is 8.32 Å². The van der Waals surface area contributed by atoms with Crippen molar-refractivity contribution in [3.05, 3.63) is 0 Å². The van der Waals surface area contributed by atoms with Crippen LogP contribution in [0.1, 0.15) is 0 Å². The van der Waals surface area contributed by atoms with E-state index in [4.69, 9.17) is 12.1 Å². The van der Waals surface area contributed by atoms with E-state index in [1.54, 1.807) is 0 Å². The average Bonchev–Trinajstić information content (AvgIpc) is 0.811. The molecular weight excluding hydrogens is 159 g/mol. The van der Waals surface area contributed by atoms with Gasteiger partial charge in [-0.2, -0.15) is 0 Å². The summed E-state index contributed by atoms with van der Waals surface area (Å²) in [5.41, 5.74) is 0. The summed E-state index contributed by atoms with van der Waals surface area (Å²) in [6.07, 6.45) is 0. The molecule has 0 heterocycles. The Morgan fingerprint density at radius 1 is 1.40 bits per heavy atom. The van der Waals surface area contributed by atoms with E-state index in [1.807, 2.05) is 0 Å². The van der Waals surface area contributed by atoms with Crippen molar-refractivity contribution >= 4 is 0 Å². The summed E-state index contributed by atoms with van der Waals surface area (Å²) in [4.78, 5) is 0.